The van der Waals surface area contributed by atoms with E-state index in [0.717, 1.165) is 18.0 Å². The van der Waals surface area contributed by atoms with Crippen LogP contribution in [0.1, 0.15) is 5.69 Å². The van der Waals surface area contributed by atoms with Gasteiger partial charge in [-0.3, -0.25) is 0 Å². The fourth-order valence-corrected chi connectivity index (χ4v) is 3.85. The number of rotatable bonds is 7. The van der Waals surface area contributed by atoms with E-state index in [4.69, 9.17) is 9.47 Å². The average molecular weight is 492 g/mol. The van der Waals surface area contributed by atoms with Crippen molar-refractivity contribution in [2.24, 2.45) is 5.16 Å². The van der Waals surface area contributed by atoms with Crippen LogP contribution >= 0.6 is 27.7 Å². The largest absolute Gasteiger partial charge is 0.323 e. The van der Waals surface area contributed by atoms with Crippen LogP contribution in [0.5, 0.6) is 0 Å². The molecule has 10 nitrogen and oxygen atoms in total. The minimum absolute atomic E-state index is 0.0803. The first-order valence-electron chi connectivity index (χ1n) is 7.46. The fourth-order valence-electron chi connectivity index (χ4n) is 2.13. The van der Waals surface area contributed by atoms with Crippen molar-refractivity contribution in [1.82, 2.24) is 15.0 Å². The molecule has 1 aromatic carbocycles. The minimum Gasteiger partial charge on any atom is -0.323 e. The number of nitrogens with one attached hydrogen (secondary N) is 1. The standard InChI is InChI=1S/C14H11BrFN5O5S2/c1-28(23,24)17-4-5-27-14-12(18-26-20-14)13-19-25-11(7-22)21(13)8-2-3-10(16)9(15)6-8/h2-3,6,17H,4-5H2,1H3. The maximum absolute atomic E-state index is 13.6. The summed E-state index contributed by atoms with van der Waals surface area (Å²) in [6, 6.07) is 4.04. The van der Waals surface area contributed by atoms with E-state index in [2.05, 4.69) is 36.1 Å². The van der Waals surface area contributed by atoms with Crippen molar-refractivity contribution in [3.05, 3.63) is 40.1 Å². The molecule has 0 spiro atoms. The molecule has 0 radical (unpaired) electrons. The van der Waals surface area contributed by atoms with Crippen LogP contribution in [0.4, 0.5) is 10.1 Å². The van der Waals surface area contributed by atoms with Gasteiger partial charge < -0.3 is 4.84 Å². The summed E-state index contributed by atoms with van der Waals surface area (Å²) in [4.78, 5) is 17.5. The lowest BCUT2D eigenvalue weighted by Crippen LogP contribution is -2.28. The summed E-state index contributed by atoms with van der Waals surface area (Å²) < 4.78 is 43.0. The highest BCUT2D eigenvalue weighted by atomic mass is 79.9. The number of halogens is 2. The van der Waals surface area contributed by atoms with Gasteiger partial charge in [-0.05, 0) is 44.4 Å². The van der Waals surface area contributed by atoms with Gasteiger partial charge in [0.15, 0.2) is 16.7 Å². The van der Waals surface area contributed by atoms with Gasteiger partial charge in [0, 0.05) is 12.3 Å². The van der Waals surface area contributed by atoms with Crippen molar-refractivity contribution in [3.63, 3.8) is 0 Å². The second-order valence-electron chi connectivity index (χ2n) is 5.28. The topological polar surface area (TPSA) is 127 Å². The molecule has 1 N–H and O–H groups in total. The van der Waals surface area contributed by atoms with E-state index in [1.807, 2.05) is 0 Å². The van der Waals surface area contributed by atoms with E-state index >= 15 is 0 Å². The van der Waals surface area contributed by atoms with Gasteiger partial charge in [0.2, 0.25) is 15.9 Å². The Balaban J connectivity index is 1.85. The van der Waals surface area contributed by atoms with E-state index < -0.39 is 15.8 Å². The molecule has 3 rings (SSSR count). The second kappa shape index (κ2) is 8.41. The summed E-state index contributed by atoms with van der Waals surface area (Å²) in [6.07, 6.45) is 1.05. The highest BCUT2D eigenvalue weighted by molar-refractivity contribution is 9.10. The number of hydrogen-bond donors (Lipinski definition) is 1. The molecule has 0 saturated carbocycles. The summed E-state index contributed by atoms with van der Waals surface area (Å²) in [5.74, 6) is 1.26. The molecule has 0 saturated heterocycles. The van der Waals surface area contributed by atoms with Crippen molar-refractivity contribution < 1.29 is 27.1 Å². The monoisotopic (exact) mass is 491 g/mol. The zero-order valence-corrected chi connectivity index (χ0v) is 17.3. The van der Waals surface area contributed by atoms with Crippen LogP contribution in [0.25, 0.3) is 0 Å². The van der Waals surface area contributed by atoms with Gasteiger partial charge in [-0.15, -0.1) is 0 Å². The second-order valence-corrected chi connectivity index (χ2v) is 9.05. The molecule has 0 amide bonds. The van der Waals surface area contributed by atoms with Crippen molar-refractivity contribution in [2.75, 3.05) is 23.5 Å². The zero-order valence-electron chi connectivity index (χ0n) is 14.0. The number of carbonyl (C=O) groups excluding carboxylic acids is 1. The van der Waals surface area contributed by atoms with Crippen LogP contribution in [-0.4, -0.2) is 49.1 Å². The van der Waals surface area contributed by atoms with Crippen LogP contribution < -0.4 is 9.62 Å². The Morgan fingerprint density at radius 2 is 2.18 bits per heavy atom. The van der Waals surface area contributed by atoms with Crippen LogP contribution in [0, 0.1) is 5.82 Å². The van der Waals surface area contributed by atoms with Gasteiger partial charge in [0.05, 0.1) is 16.4 Å². The summed E-state index contributed by atoms with van der Waals surface area (Å²) >= 11 is 4.24. The molecule has 1 aliphatic heterocycles. The first-order valence-corrected chi connectivity index (χ1v) is 11.1. The fraction of sp³-hybridized carbons (Fsp3) is 0.214. The highest BCUT2D eigenvalue weighted by Crippen LogP contribution is 2.32. The van der Waals surface area contributed by atoms with Gasteiger partial charge in [0.1, 0.15) is 5.82 Å². The van der Waals surface area contributed by atoms with Crippen LogP contribution in [-0.2, 0) is 19.7 Å². The quantitative estimate of drug-likeness (QED) is 0.347. The Labute approximate surface area is 170 Å². The van der Waals surface area contributed by atoms with Gasteiger partial charge in [0.25, 0.3) is 0 Å². The number of amidine groups is 1. The maximum atomic E-state index is 13.6. The Morgan fingerprint density at radius 3 is 2.86 bits per heavy atom. The number of anilines is 1. The molecule has 0 unspecified atom stereocenters. The lowest BCUT2D eigenvalue weighted by molar-refractivity contribution is 0.248. The van der Waals surface area contributed by atoms with Gasteiger partial charge in [-0.25, -0.2) is 31.9 Å². The maximum Gasteiger partial charge on any atom is 0.320 e. The molecular weight excluding hydrogens is 481 g/mol. The van der Waals surface area contributed by atoms with Crippen molar-refractivity contribution in [2.45, 2.75) is 5.03 Å². The number of oxime groups is 1. The van der Waals surface area contributed by atoms with E-state index in [9.17, 15) is 17.6 Å². The molecular formula is C14H11BrFN5O5S2. The summed E-state index contributed by atoms with van der Waals surface area (Å²) in [5, 5.41) is 11.7. The number of sulfonamides is 1. The van der Waals surface area contributed by atoms with Crippen LogP contribution in [0.3, 0.4) is 0 Å². The van der Waals surface area contributed by atoms with Gasteiger partial charge >= 0.3 is 5.88 Å². The minimum atomic E-state index is -3.31. The van der Waals surface area contributed by atoms with E-state index in [-0.39, 0.29) is 28.4 Å². The first kappa shape index (κ1) is 20.5. The van der Waals surface area contributed by atoms with E-state index in [1.54, 1.807) is 5.94 Å². The first-order chi connectivity index (χ1) is 13.3. The molecule has 0 fully saturated rings. The molecule has 28 heavy (non-hydrogen) atoms. The lowest BCUT2D eigenvalue weighted by atomic mass is 10.2. The Hall–Kier alpha value is -2.25. The molecule has 14 heteroatoms. The van der Waals surface area contributed by atoms with Gasteiger partial charge in [-0.2, -0.15) is 0 Å². The predicted octanol–water partition coefficient (Wildman–Crippen LogP) is 1.48. The lowest BCUT2D eigenvalue weighted by Gasteiger charge is -2.16. The molecule has 1 aromatic heterocycles. The Morgan fingerprint density at radius 1 is 1.39 bits per heavy atom. The van der Waals surface area contributed by atoms with Crippen molar-refractivity contribution in [1.29, 1.82) is 0 Å². The molecule has 2 aromatic rings. The summed E-state index contributed by atoms with van der Waals surface area (Å²) in [7, 11) is -3.31. The highest BCUT2D eigenvalue weighted by Gasteiger charge is 2.34. The average Bonchev–Trinajstić information content (AvgIpc) is 3.26. The summed E-state index contributed by atoms with van der Waals surface area (Å²) in [6.45, 7) is 0.160. The third-order valence-corrected chi connectivity index (χ3v) is 5.54. The number of nitrogens with zero attached hydrogens (tertiary/aromatic N) is 4. The molecule has 2 heterocycles. The normalized spacial score (nSPS) is 14.0. The number of hydrogen-bond acceptors (Lipinski definition) is 10. The SMILES string of the molecule is CS(=O)(=O)NCCSc1nonc1C1=NOC(=C=O)N1c1ccc(F)c(Br)c1. The third-order valence-electron chi connectivity index (χ3n) is 3.26. The summed E-state index contributed by atoms with van der Waals surface area (Å²) in [5.41, 5.74) is 0.524. The van der Waals surface area contributed by atoms with Crippen molar-refractivity contribution in [3.8, 4) is 0 Å². The van der Waals surface area contributed by atoms with Crippen LogP contribution in [0.2, 0.25) is 0 Å². The smallest absolute Gasteiger partial charge is 0.320 e. The van der Waals surface area contributed by atoms with Gasteiger partial charge in [-0.1, -0.05) is 16.9 Å². The van der Waals surface area contributed by atoms with E-state index in [0.29, 0.717) is 16.5 Å². The van der Waals surface area contributed by atoms with E-state index in [1.165, 1.54) is 23.1 Å². The predicted molar refractivity (Wildman–Crippen MR) is 101 cm³/mol. The molecule has 0 atom stereocenters. The third kappa shape index (κ3) is 4.59. The van der Waals surface area contributed by atoms with Crippen LogP contribution in [0.15, 0.2) is 43.4 Å². The molecule has 148 valence electrons. The molecule has 0 aliphatic carbocycles. The Bertz CT molecular complexity index is 1080. The number of aromatic nitrogens is 2. The number of thioether (sulfide) groups is 1. The molecule has 0 bridgehead atoms. The Kier molecular flexibility index (Phi) is 6.15. The zero-order chi connectivity index (χ0) is 20.3. The van der Waals surface area contributed by atoms with Crippen molar-refractivity contribution >= 4 is 55.2 Å². The number of benzene rings is 1. The molecule has 1 aliphatic rings.